The Labute approximate surface area is 161 Å². The highest BCUT2D eigenvalue weighted by atomic mass is 35.5. The fraction of sp³-hybridized carbons (Fsp3) is 0. The SMILES string of the molecule is O=S(=O)(Nc1ccc(N=Nc2ccccc2)cc1)c1cc(Cl)ccc1Cl. The van der Waals surface area contributed by atoms with Crippen molar-refractivity contribution in [3.8, 4) is 0 Å². The maximum absolute atomic E-state index is 12.5. The van der Waals surface area contributed by atoms with E-state index in [1.807, 2.05) is 30.3 Å². The zero-order valence-electron chi connectivity index (χ0n) is 13.3. The molecular weight excluding hydrogens is 393 g/mol. The van der Waals surface area contributed by atoms with Gasteiger partial charge in [-0.1, -0.05) is 41.4 Å². The summed E-state index contributed by atoms with van der Waals surface area (Å²) < 4.78 is 27.4. The normalized spacial score (nSPS) is 11.6. The van der Waals surface area contributed by atoms with Crippen molar-refractivity contribution in [2.24, 2.45) is 10.2 Å². The zero-order valence-corrected chi connectivity index (χ0v) is 15.6. The predicted molar refractivity (Wildman–Crippen MR) is 104 cm³/mol. The van der Waals surface area contributed by atoms with Gasteiger partial charge < -0.3 is 0 Å². The van der Waals surface area contributed by atoms with E-state index < -0.39 is 10.0 Å². The monoisotopic (exact) mass is 405 g/mol. The number of azo groups is 1. The second kappa shape index (κ2) is 7.86. The molecule has 0 aliphatic heterocycles. The highest BCUT2D eigenvalue weighted by molar-refractivity contribution is 7.92. The molecule has 0 saturated carbocycles. The Balaban J connectivity index is 1.77. The summed E-state index contributed by atoms with van der Waals surface area (Å²) in [6.07, 6.45) is 0. The molecule has 26 heavy (non-hydrogen) atoms. The zero-order chi connectivity index (χ0) is 18.6. The third kappa shape index (κ3) is 4.60. The van der Waals surface area contributed by atoms with Crippen LogP contribution in [0.15, 0.2) is 87.9 Å². The summed E-state index contributed by atoms with van der Waals surface area (Å²) in [5.74, 6) is 0. The molecule has 0 saturated heterocycles. The molecule has 0 aliphatic carbocycles. The minimum Gasteiger partial charge on any atom is -0.280 e. The maximum Gasteiger partial charge on any atom is 0.263 e. The predicted octanol–water partition coefficient (Wildman–Crippen LogP) is 6.21. The molecule has 0 radical (unpaired) electrons. The Bertz CT molecular complexity index is 1040. The van der Waals surface area contributed by atoms with E-state index in [9.17, 15) is 8.42 Å². The second-order valence-corrected chi connectivity index (χ2v) is 7.76. The molecule has 0 heterocycles. The van der Waals surface area contributed by atoms with Crippen molar-refractivity contribution >= 4 is 50.3 Å². The van der Waals surface area contributed by atoms with Gasteiger partial charge >= 0.3 is 0 Å². The lowest BCUT2D eigenvalue weighted by Gasteiger charge is -2.10. The lowest BCUT2D eigenvalue weighted by molar-refractivity contribution is 0.601. The molecule has 0 amide bonds. The second-order valence-electron chi connectivity index (χ2n) is 5.26. The van der Waals surface area contributed by atoms with Gasteiger partial charge in [0.05, 0.1) is 16.4 Å². The molecule has 132 valence electrons. The molecule has 0 aliphatic rings. The molecule has 5 nitrogen and oxygen atoms in total. The van der Waals surface area contributed by atoms with Crippen LogP contribution >= 0.6 is 23.2 Å². The lowest BCUT2D eigenvalue weighted by Crippen LogP contribution is -2.13. The van der Waals surface area contributed by atoms with Gasteiger partial charge in [-0.25, -0.2) is 8.42 Å². The number of sulfonamides is 1. The van der Waals surface area contributed by atoms with Gasteiger partial charge in [-0.2, -0.15) is 10.2 Å². The van der Waals surface area contributed by atoms with E-state index >= 15 is 0 Å². The van der Waals surface area contributed by atoms with E-state index in [1.54, 1.807) is 24.3 Å². The van der Waals surface area contributed by atoms with E-state index in [1.165, 1.54) is 18.2 Å². The molecule has 3 aromatic carbocycles. The summed E-state index contributed by atoms with van der Waals surface area (Å²) in [6.45, 7) is 0. The molecule has 0 spiro atoms. The fourth-order valence-electron chi connectivity index (χ4n) is 2.10. The van der Waals surface area contributed by atoms with E-state index in [4.69, 9.17) is 23.2 Å². The minimum atomic E-state index is -3.86. The van der Waals surface area contributed by atoms with Crippen LogP contribution in [0.25, 0.3) is 0 Å². The van der Waals surface area contributed by atoms with Crippen LogP contribution in [0, 0.1) is 0 Å². The van der Waals surface area contributed by atoms with Crippen LogP contribution in [0.5, 0.6) is 0 Å². The van der Waals surface area contributed by atoms with Crippen LogP contribution in [0.1, 0.15) is 0 Å². The summed E-state index contributed by atoms with van der Waals surface area (Å²) in [7, 11) is -3.86. The van der Waals surface area contributed by atoms with E-state index in [-0.39, 0.29) is 14.9 Å². The molecule has 0 atom stereocenters. The van der Waals surface area contributed by atoms with E-state index in [2.05, 4.69) is 15.0 Å². The number of nitrogens with one attached hydrogen (secondary N) is 1. The molecule has 3 aromatic rings. The van der Waals surface area contributed by atoms with Crippen LogP contribution in [-0.4, -0.2) is 8.42 Å². The molecule has 0 aromatic heterocycles. The number of hydrogen-bond acceptors (Lipinski definition) is 4. The third-order valence-corrected chi connectivity index (χ3v) is 5.44. The van der Waals surface area contributed by atoms with Gasteiger partial charge in [0.1, 0.15) is 4.90 Å². The number of halogens is 2. The van der Waals surface area contributed by atoms with Gasteiger partial charge in [-0.05, 0) is 54.6 Å². The van der Waals surface area contributed by atoms with E-state index in [0.29, 0.717) is 11.4 Å². The van der Waals surface area contributed by atoms with Crippen LogP contribution in [0.2, 0.25) is 10.0 Å². The highest BCUT2D eigenvalue weighted by Crippen LogP contribution is 2.27. The van der Waals surface area contributed by atoms with Gasteiger partial charge in [0.2, 0.25) is 0 Å². The first-order chi connectivity index (χ1) is 12.4. The molecular formula is C18H13Cl2N3O2S. The largest absolute Gasteiger partial charge is 0.280 e. The molecule has 3 rings (SSSR count). The van der Waals surface area contributed by atoms with E-state index in [0.717, 1.165) is 5.69 Å². The van der Waals surface area contributed by atoms with Crippen LogP contribution in [0.3, 0.4) is 0 Å². The summed E-state index contributed by atoms with van der Waals surface area (Å²) in [5.41, 5.74) is 1.70. The molecule has 1 N–H and O–H groups in total. The van der Waals surface area contributed by atoms with Gasteiger partial charge in [-0.15, -0.1) is 0 Å². The maximum atomic E-state index is 12.5. The Hall–Kier alpha value is -2.41. The number of benzene rings is 3. The average Bonchev–Trinajstić information content (AvgIpc) is 2.64. The van der Waals surface area contributed by atoms with Crippen LogP contribution < -0.4 is 4.72 Å². The first kappa shape index (κ1) is 18.4. The van der Waals surface area contributed by atoms with Crippen LogP contribution in [-0.2, 0) is 10.0 Å². The fourth-order valence-corrected chi connectivity index (χ4v) is 3.92. The summed E-state index contributed by atoms with van der Waals surface area (Å²) in [4.78, 5) is -0.0838. The van der Waals surface area contributed by atoms with Crippen molar-refractivity contribution in [1.82, 2.24) is 0 Å². The summed E-state index contributed by atoms with van der Waals surface area (Å²) >= 11 is 11.8. The average molecular weight is 406 g/mol. The van der Waals surface area contributed by atoms with Gasteiger partial charge in [0.25, 0.3) is 10.0 Å². The molecule has 0 fully saturated rings. The van der Waals surface area contributed by atoms with Crippen molar-refractivity contribution in [2.45, 2.75) is 4.90 Å². The Kier molecular flexibility index (Phi) is 5.56. The quantitative estimate of drug-likeness (QED) is 0.512. The Morgan fingerprint density at radius 2 is 1.38 bits per heavy atom. The number of anilines is 1. The Morgan fingerprint density at radius 3 is 2.04 bits per heavy atom. The third-order valence-electron chi connectivity index (χ3n) is 3.34. The van der Waals surface area contributed by atoms with Crippen molar-refractivity contribution in [2.75, 3.05) is 4.72 Å². The van der Waals surface area contributed by atoms with Crippen molar-refractivity contribution < 1.29 is 8.42 Å². The summed E-state index contributed by atoms with van der Waals surface area (Å²) in [5, 5.41) is 8.59. The Morgan fingerprint density at radius 1 is 0.769 bits per heavy atom. The highest BCUT2D eigenvalue weighted by Gasteiger charge is 2.18. The van der Waals surface area contributed by atoms with Crippen molar-refractivity contribution in [3.63, 3.8) is 0 Å². The first-order valence-electron chi connectivity index (χ1n) is 7.49. The van der Waals surface area contributed by atoms with Crippen molar-refractivity contribution in [3.05, 3.63) is 82.8 Å². The van der Waals surface area contributed by atoms with Crippen molar-refractivity contribution in [1.29, 1.82) is 0 Å². The smallest absolute Gasteiger partial charge is 0.263 e. The summed E-state index contributed by atoms with van der Waals surface area (Å²) in [6, 6.07) is 20.1. The van der Waals surface area contributed by atoms with Gasteiger partial charge in [0, 0.05) is 10.7 Å². The lowest BCUT2D eigenvalue weighted by atomic mass is 10.3. The number of nitrogens with zero attached hydrogens (tertiary/aromatic N) is 2. The molecule has 0 bridgehead atoms. The number of hydrogen-bond donors (Lipinski definition) is 1. The standard InChI is InChI=1S/C18H13Cl2N3O2S/c19-13-6-11-17(20)18(12-13)26(24,25)23-16-9-7-15(8-10-16)22-21-14-4-2-1-3-5-14/h1-12,23H. The molecule has 8 heteroatoms. The topological polar surface area (TPSA) is 70.9 Å². The first-order valence-corrected chi connectivity index (χ1v) is 9.73. The van der Waals surface area contributed by atoms with Gasteiger partial charge in [0.15, 0.2) is 0 Å². The number of rotatable bonds is 5. The van der Waals surface area contributed by atoms with Gasteiger partial charge in [-0.3, -0.25) is 4.72 Å². The minimum absolute atomic E-state index is 0.0838. The molecule has 0 unspecified atom stereocenters. The van der Waals surface area contributed by atoms with Crippen LogP contribution in [0.4, 0.5) is 17.1 Å².